The molecule has 0 saturated carbocycles. The van der Waals surface area contributed by atoms with Crippen molar-refractivity contribution in [2.75, 3.05) is 6.61 Å². The number of ether oxygens (including phenoxy) is 1. The van der Waals surface area contributed by atoms with Crippen LogP contribution in [0.3, 0.4) is 0 Å². The van der Waals surface area contributed by atoms with Crippen molar-refractivity contribution in [3.8, 4) is 5.75 Å². The van der Waals surface area contributed by atoms with E-state index < -0.39 is 17.9 Å². The molecule has 0 aromatic heterocycles. The summed E-state index contributed by atoms with van der Waals surface area (Å²) in [5, 5.41) is 11.0. The standard InChI is InChI=1S/C16H17NO4S2/c1-3-8-21-12-6-4-11(5-7-12)9-13-14(18)17(16(22)23-13)10(2)15(19)20/h4-7,9-10H,3,8H2,1-2H3,(H,19,20)/p-1/b13-9-/t10-/m1/s1. The van der Waals surface area contributed by atoms with Crippen LogP contribution in [-0.4, -0.2) is 33.7 Å². The molecular formula is C16H16NO4S2-. The van der Waals surface area contributed by atoms with Gasteiger partial charge in [0.05, 0.1) is 23.5 Å². The lowest BCUT2D eigenvalue weighted by atomic mass is 10.2. The van der Waals surface area contributed by atoms with Crippen LogP contribution < -0.4 is 9.84 Å². The monoisotopic (exact) mass is 350 g/mol. The zero-order chi connectivity index (χ0) is 17.0. The van der Waals surface area contributed by atoms with Crippen molar-refractivity contribution >= 4 is 46.3 Å². The van der Waals surface area contributed by atoms with Crippen molar-refractivity contribution in [2.24, 2.45) is 0 Å². The van der Waals surface area contributed by atoms with Crippen molar-refractivity contribution < 1.29 is 19.4 Å². The number of amides is 1. The van der Waals surface area contributed by atoms with Crippen LogP contribution in [0, 0.1) is 0 Å². The fraction of sp³-hybridized carbons (Fsp3) is 0.312. The van der Waals surface area contributed by atoms with Crippen LogP contribution in [0.5, 0.6) is 5.75 Å². The fourth-order valence-corrected chi connectivity index (χ4v) is 3.37. The summed E-state index contributed by atoms with van der Waals surface area (Å²) in [6.07, 6.45) is 2.62. The number of thioether (sulfide) groups is 1. The number of carboxylic acid groups (broad SMARTS) is 1. The van der Waals surface area contributed by atoms with Gasteiger partial charge in [0.15, 0.2) is 0 Å². The molecule has 0 N–H and O–H groups in total. The molecule has 2 rings (SSSR count). The van der Waals surface area contributed by atoms with Crippen LogP contribution in [0.1, 0.15) is 25.8 Å². The van der Waals surface area contributed by atoms with Gasteiger partial charge in [0.25, 0.3) is 5.91 Å². The molecule has 1 aliphatic rings. The Labute approximate surface area is 144 Å². The highest BCUT2D eigenvalue weighted by molar-refractivity contribution is 8.26. The Kier molecular flexibility index (Phi) is 5.79. The minimum atomic E-state index is -1.33. The molecule has 0 spiro atoms. The van der Waals surface area contributed by atoms with E-state index in [9.17, 15) is 14.7 Å². The van der Waals surface area contributed by atoms with Gasteiger partial charge in [-0.25, -0.2) is 0 Å². The molecule has 1 atom stereocenters. The molecule has 1 fully saturated rings. The number of benzene rings is 1. The van der Waals surface area contributed by atoms with Gasteiger partial charge in [-0.2, -0.15) is 0 Å². The van der Waals surface area contributed by atoms with Crippen molar-refractivity contribution in [3.63, 3.8) is 0 Å². The topological polar surface area (TPSA) is 69.7 Å². The Morgan fingerprint density at radius 2 is 2.09 bits per heavy atom. The lowest BCUT2D eigenvalue weighted by molar-refractivity contribution is -0.309. The van der Waals surface area contributed by atoms with Crippen LogP contribution in [0.2, 0.25) is 0 Å². The third-order valence-electron chi connectivity index (χ3n) is 3.20. The molecule has 23 heavy (non-hydrogen) atoms. The first-order valence-corrected chi connectivity index (χ1v) is 8.37. The predicted octanol–water partition coefficient (Wildman–Crippen LogP) is 1.81. The van der Waals surface area contributed by atoms with E-state index in [0.29, 0.717) is 11.5 Å². The van der Waals surface area contributed by atoms with E-state index in [2.05, 4.69) is 0 Å². The maximum absolute atomic E-state index is 12.3. The molecule has 5 nitrogen and oxygen atoms in total. The van der Waals surface area contributed by atoms with E-state index in [-0.39, 0.29) is 4.32 Å². The van der Waals surface area contributed by atoms with E-state index in [0.717, 1.165) is 34.4 Å². The summed E-state index contributed by atoms with van der Waals surface area (Å²) in [5.41, 5.74) is 0.815. The number of thiocarbonyl (C=S) groups is 1. The molecule has 1 aliphatic heterocycles. The number of aliphatic carboxylic acids is 1. The highest BCUT2D eigenvalue weighted by atomic mass is 32.2. The van der Waals surface area contributed by atoms with E-state index in [1.54, 1.807) is 6.08 Å². The second-order valence-electron chi connectivity index (χ2n) is 4.96. The average Bonchev–Trinajstić information content (AvgIpc) is 2.80. The first-order valence-electron chi connectivity index (χ1n) is 7.14. The third kappa shape index (κ3) is 4.11. The molecule has 0 bridgehead atoms. The third-order valence-corrected chi connectivity index (χ3v) is 4.53. The molecule has 1 aromatic rings. The lowest BCUT2D eigenvalue weighted by Crippen LogP contribution is -2.48. The van der Waals surface area contributed by atoms with Gasteiger partial charge in [-0.05, 0) is 37.1 Å². The summed E-state index contributed by atoms with van der Waals surface area (Å²) >= 11 is 6.18. The average molecular weight is 350 g/mol. The smallest absolute Gasteiger partial charge is 0.266 e. The molecular weight excluding hydrogens is 334 g/mol. The zero-order valence-electron chi connectivity index (χ0n) is 12.8. The number of carboxylic acids is 1. The summed E-state index contributed by atoms with van der Waals surface area (Å²) in [4.78, 5) is 24.7. The van der Waals surface area contributed by atoms with Gasteiger partial charge >= 0.3 is 0 Å². The molecule has 1 aromatic carbocycles. The van der Waals surface area contributed by atoms with Gasteiger partial charge in [-0.3, -0.25) is 9.69 Å². The SMILES string of the molecule is CCCOc1ccc(/C=C2\SC(=S)N([C@H](C)C(=O)[O-])C2=O)cc1. The van der Waals surface area contributed by atoms with Crippen LogP contribution in [0.15, 0.2) is 29.2 Å². The van der Waals surface area contributed by atoms with Gasteiger partial charge in [-0.15, -0.1) is 0 Å². The van der Waals surface area contributed by atoms with Gasteiger partial charge in [0.1, 0.15) is 10.1 Å². The van der Waals surface area contributed by atoms with E-state index >= 15 is 0 Å². The Bertz CT molecular complexity index is 655. The van der Waals surface area contributed by atoms with Gasteiger partial charge in [-0.1, -0.05) is 43.0 Å². The first kappa shape index (κ1) is 17.5. The number of hydrogen-bond donors (Lipinski definition) is 0. The summed E-state index contributed by atoms with van der Waals surface area (Å²) in [7, 11) is 0. The molecule has 1 heterocycles. The highest BCUT2D eigenvalue weighted by Gasteiger charge is 2.35. The van der Waals surface area contributed by atoms with Crippen molar-refractivity contribution in [1.82, 2.24) is 4.90 Å². The van der Waals surface area contributed by atoms with Crippen molar-refractivity contribution in [1.29, 1.82) is 0 Å². The summed E-state index contributed by atoms with van der Waals surface area (Å²) in [5.74, 6) is -0.981. The maximum atomic E-state index is 12.3. The molecule has 7 heteroatoms. The van der Waals surface area contributed by atoms with Crippen LogP contribution in [0.25, 0.3) is 6.08 Å². The normalized spacial score (nSPS) is 17.7. The minimum absolute atomic E-state index is 0.223. The number of rotatable bonds is 6. The van der Waals surface area contributed by atoms with Gasteiger partial charge in [0.2, 0.25) is 0 Å². The van der Waals surface area contributed by atoms with Gasteiger partial charge < -0.3 is 14.6 Å². The lowest BCUT2D eigenvalue weighted by Gasteiger charge is -2.23. The number of carbonyl (C=O) groups is 2. The van der Waals surface area contributed by atoms with Crippen LogP contribution in [-0.2, 0) is 9.59 Å². The molecule has 0 unspecified atom stereocenters. The summed E-state index contributed by atoms with van der Waals surface area (Å²) in [6, 6.07) is 6.23. The number of nitrogens with zero attached hydrogens (tertiary/aromatic N) is 1. The second kappa shape index (κ2) is 7.61. The van der Waals surface area contributed by atoms with E-state index in [1.165, 1.54) is 6.92 Å². The largest absolute Gasteiger partial charge is 0.548 e. The Morgan fingerprint density at radius 3 is 2.65 bits per heavy atom. The van der Waals surface area contributed by atoms with Gasteiger partial charge in [0, 0.05) is 0 Å². The maximum Gasteiger partial charge on any atom is 0.266 e. The fourth-order valence-electron chi connectivity index (χ4n) is 1.95. The molecule has 0 aliphatic carbocycles. The summed E-state index contributed by atoms with van der Waals surface area (Å²) in [6.45, 7) is 4.06. The highest BCUT2D eigenvalue weighted by Crippen LogP contribution is 2.34. The first-order chi connectivity index (χ1) is 10.9. The van der Waals surface area contributed by atoms with Crippen molar-refractivity contribution in [3.05, 3.63) is 34.7 Å². The Morgan fingerprint density at radius 1 is 1.43 bits per heavy atom. The molecule has 122 valence electrons. The van der Waals surface area contributed by atoms with E-state index in [4.69, 9.17) is 17.0 Å². The Balaban J connectivity index is 2.15. The quantitative estimate of drug-likeness (QED) is 0.576. The minimum Gasteiger partial charge on any atom is -0.548 e. The molecule has 1 amide bonds. The number of hydrogen-bond acceptors (Lipinski definition) is 6. The summed E-state index contributed by atoms with van der Waals surface area (Å²) < 4.78 is 5.72. The van der Waals surface area contributed by atoms with Crippen molar-refractivity contribution in [2.45, 2.75) is 26.3 Å². The number of carbonyl (C=O) groups excluding carboxylic acids is 2. The predicted molar refractivity (Wildman–Crippen MR) is 91.7 cm³/mol. The second-order valence-corrected chi connectivity index (χ2v) is 6.64. The molecule has 1 saturated heterocycles. The molecule has 0 radical (unpaired) electrons. The van der Waals surface area contributed by atoms with E-state index in [1.807, 2.05) is 31.2 Å². The Hall–Kier alpha value is -1.86. The van der Waals surface area contributed by atoms with Crippen LogP contribution in [0.4, 0.5) is 0 Å². The van der Waals surface area contributed by atoms with Crippen LogP contribution >= 0.6 is 24.0 Å². The zero-order valence-corrected chi connectivity index (χ0v) is 14.4.